The zero-order chi connectivity index (χ0) is 23.8. The molecule has 0 aromatic heterocycles. The summed E-state index contributed by atoms with van der Waals surface area (Å²) in [4.78, 5) is 15.7. The molecule has 1 aliphatic rings. The van der Waals surface area contributed by atoms with Crippen LogP contribution >= 0.6 is 0 Å². The minimum absolute atomic E-state index is 0.271. The molecular formula is C24H29FN4O3S. The van der Waals surface area contributed by atoms with Gasteiger partial charge in [-0.3, -0.25) is 0 Å². The van der Waals surface area contributed by atoms with Crippen molar-refractivity contribution in [2.75, 3.05) is 47.7 Å². The molecule has 0 saturated carbocycles. The summed E-state index contributed by atoms with van der Waals surface area (Å²) in [6, 6.07) is 13.9. The highest BCUT2D eigenvalue weighted by Gasteiger charge is 2.26. The number of hydrogen-bond acceptors (Lipinski definition) is 6. The zero-order valence-corrected chi connectivity index (χ0v) is 19.8. The van der Waals surface area contributed by atoms with Crippen LogP contribution < -0.4 is 9.21 Å². The lowest BCUT2D eigenvalue weighted by atomic mass is 10.1. The number of carbonyl (C=O) groups is 1. The maximum Gasteiger partial charge on any atom is 0.409 e. The second-order valence-corrected chi connectivity index (χ2v) is 9.17. The number of rotatable bonds is 8. The van der Waals surface area contributed by atoms with Crippen molar-refractivity contribution in [2.45, 2.75) is 26.8 Å². The van der Waals surface area contributed by atoms with Gasteiger partial charge in [0.05, 0.1) is 41.5 Å². The predicted molar refractivity (Wildman–Crippen MR) is 128 cm³/mol. The molecule has 0 radical (unpaired) electrons. The average Bonchev–Trinajstić information content (AvgIpc) is 2.82. The van der Waals surface area contributed by atoms with Crippen LogP contribution in [0.3, 0.4) is 0 Å². The highest BCUT2D eigenvalue weighted by molar-refractivity contribution is 7.92. The van der Waals surface area contributed by atoms with E-state index in [0.29, 0.717) is 55.4 Å². The fourth-order valence-electron chi connectivity index (χ4n) is 3.76. The van der Waals surface area contributed by atoms with Crippen LogP contribution in [0, 0.1) is 17.1 Å². The Morgan fingerprint density at radius 1 is 1.21 bits per heavy atom. The number of nitriles is 1. The third-order valence-corrected chi connectivity index (χ3v) is 6.96. The predicted octanol–water partition coefficient (Wildman–Crippen LogP) is 4.06. The lowest BCUT2D eigenvalue weighted by Gasteiger charge is -2.36. The summed E-state index contributed by atoms with van der Waals surface area (Å²) in [6.07, 6.45) is 0.416. The van der Waals surface area contributed by atoms with Gasteiger partial charge in [-0.2, -0.15) is 9.57 Å². The highest BCUT2D eigenvalue weighted by Crippen LogP contribution is 2.30. The van der Waals surface area contributed by atoms with E-state index in [2.05, 4.69) is 11.0 Å². The van der Waals surface area contributed by atoms with Gasteiger partial charge in [-0.15, -0.1) is 0 Å². The van der Waals surface area contributed by atoms with Gasteiger partial charge in [0.2, 0.25) is 0 Å². The largest absolute Gasteiger partial charge is 0.593 e. The summed E-state index contributed by atoms with van der Waals surface area (Å²) in [7, 11) is 0. The Labute approximate surface area is 197 Å². The summed E-state index contributed by atoms with van der Waals surface area (Å²) in [5.74, 6) is 0.123. The van der Waals surface area contributed by atoms with Gasteiger partial charge in [0.15, 0.2) is 0 Å². The summed E-state index contributed by atoms with van der Waals surface area (Å²) < 4.78 is 33.4. The van der Waals surface area contributed by atoms with Gasteiger partial charge in [0, 0.05) is 26.2 Å². The van der Waals surface area contributed by atoms with E-state index in [0.717, 1.165) is 12.1 Å². The molecule has 1 aliphatic heterocycles. The summed E-state index contributed by atoms with van der Waals surface area (Å²) in [6.45, 7) is 6.54. The van der Waals surface area contributed by atoms with Crippen LogP contribution in [0.2, 0.25) is 0 Å². The molecule has 7 nitrogen and oxygen atoms in total. The average molecular weight is 473 g/mol. The second-order valence-electron chi connectivity index (χ2n) is 7.68. The molecule has 1 unspecified atom stereocenters. The van der Waals surface area contributed by atoms with Crippen LogP contribution in [-0.4, -0.2) is 54.1 Å². The Morgan fingerprint density at radius 3 is 2.61 bits per heavy atom. The molecule has 176 valence electrons. The Morgan fingerprint density at radius 2 is 1.97 bits per heavy atom. The fourth-order valence-corrected chi connectivity index (χ4v) is 4.97. The highest BCUT2D eigenvalue weighted by atomic mass is 32.2. The van der Waals surface area contributed by atoms with E-state index >= 15 is 0 Å². The van der Waals surface area contributed by atoms with Crippen molar-refractivity contribution in [3.05, 3.63) is 59.4 Å². The monoisotopic (exact) mass is 472 g/mol. The van der Waals surface area contributed by atoms with Crippen LogP contribution in [0.15, 0.2) is 42.5 Å². The van der Waals surface area contributed by atoms with E-state index in [1.807, 2.05) is 19.1 Å². The molecule has 1 heterocycles. The van der Waals surface area contributed by atoms with Crippen LogP contribution in [0.5, 0.6) is 0 Å². The Hall–Kier alpha value is -2.96. The smallest absolute Gasteiger partial charge is 0.409 e. The van der Waals surface area contributed by atoms with Crippen LogP contribution in [0.4, 0.5) is 20.6 Å². The lowest BCUT2D eigenvalue weighted by molar-refractivity contribution is 0.105. The quantitative estimate of drug-likeness (QED) is 0.539. The minimum Gasteiger partial charge on any atom is -0.593 e. The molecule has 0 bridgehead atoms. The topological polar surface area (TPSA) is 82.9 Å². The molecule has 0 aliphatic carbocycles. The van der Waals surface area contributed by atoms with Crippen molar-refractivity contribution in [3.8, 4) is 6.07 Å². The maximum absolute atomic E-state index is 13.7. The molecular weight excluding hydrogens is 443 g/mol. The fraction of sp³-hybridized carbons (Fsp3) is 0.417. The molecule has 33 heavy (non-hydrogen) atoms. The molecule has 0 N–H and O–H groups in total. The van der Waals surface area contributed by atoms with E-state index < -0.39 is 11.4 Å². The minimum atomic E-state index is -1.32. The number of ether oxygens (including phenoxy) is 1. The number of carbonyl (C=O) groups excluding carboxylic acids is 1. The molecule has 1 saturated heterocycles. The number of benzene rings is 2. The molecule has 9 heteroatoms. The first-order valence-corrected chi connectivity index (χ1v) is 12.4. The van der Waals surface area contributed by atoms with Gasteiger partial charge in [0.1, 0.15) is 17.6 Å². The van der Waals surface area contributed by atoms with E-state index in [4.69, 9.17) is 4.74 Å². The van der Waals surface area contributed by atoms with Crippen molar-refractivity contribution < 1.29 is 18.5 Å². The number of amides is 1. The van der Waals surface area contributed by atoms with E-state index in [9.17, 15) is 19.0 Å². The first kappa shape index (κ1) is 24.7. The molecule has 1 atom stereocenters. The van der Waals surface area contributed by atoms with E-state index in [1.54, 1.807) is 34.3 Å². The van der Waals surface area contributed by atoms with Gasteiger partial charge < -0.3 is 19.1 Å². The normalized spacial score (nSPS) is 14.5. The molecule has 3 rings (SSSR count). The molecule has 1 fully saturated rings. The van der Waals surface area contributed by atoms with Gasteiger partial charge in [-0.1, -0.05) is 19.1 Å². The van der Waals surface area contributed by atoms with Crippen LogP contribution in [-0.2, 0) is 22.6 Å². The van der Waals surface area contributed by atoms with Crippen molar-refractivity contribution >= 4 is 28.8 Å². The first-order valence-electron chi connectivity index (χ1n) is 11.1. The van der Waals surface area contributed by atoms with Gasteiger partial charge in [0.25, 0.3) is 0 Å². The summed E-state index contributed by atoms with van der Waals surface area (Å²) in [5.41, 5.74) is 2.60. The zero-order valence-electron chi connectivity index (χ0n) is 19.0. The third-order valence-electron chi connectivity index (χ3n) is 5.37. The molecule has 2 aromatic carbocycles. The third kappa shape index (κ3) is 6.30. The molecule has 2 aromatic rings. The maximum atomic E-state index is 13.7. The molecule has 0 spiro atoms. The number of halogens is 1. The number of anilines is 2. The number of piperazine rings is 1. The van der Waals surface area contributed by atoms with Gasteiger partial charge >= 0.3 is 6.09 Å². The Bertz CT molecular complexity index is 992. The number of nitrogens with zero attached hydrogens (tertiary/aromatic N) is 4. The van der Waals surface area contributed by atoms with Crippen molar-refractivity contribution in [1.82, 2.24) is 4.90 Å². The van der Waals surface area contributed by atoms with Crippen LogP contribution in [0.25, 0.3) is 0 Å². The van der Waals surface area contributed by atoms with Crippen molar-refractivity contribution in [2.24, 2.45) is 0 Å². The molecule has 1 amide bonds. The summed E-state index contributed by atoms with van der Waals surface area (Å²) >= 11 is -1.32. The summed E-state index contributed by atoms with van der Waals surface area (Å²) in [5, 5.41) is 9.83. The van der Waals surface area contributed by atoms with Crippen molar-refractivity contribution in [3.63, 3.8) is 0 Å². The standard InChI is InChI=1S/C24H29FN4O3S/c1-3-14-33(31)29(18-19-6-5-7-21(25)15-19)22-8-9-23(20(16-22)17-26)27-10-12-28(13-11-27)24(30)32-4-2/h5-9,15-16H,3-4,10-14,18H2,1-2H3. The second kappa shape index (κ2) is 11.8. The SMILES string of the molecule is CCC[S+]([O-])N(Cc1cccc(F)c1)c1ccc(N2CCN(C(=O)OCC)CC2)c(C#N)c1. The number of hydrogen-bond donors (Lipinski definition) is 0. The Balaban J connectivity index is 1.81. The van der Waals surface area contributed by atoms with E-state index in [1.165, 1.54) is 12.1 Å². The Kier molecular flexibility index (Phi) is 8.80. The van der Waals surface area contributed by atoms with Crippen LogP contribution in [0.1, 0.15) is 31.4 Å². The van der Waals surface area contributed by atoms with Gasteiger partial charge in [-0.25, -0.2) is 9.18 Å². The first-order chi connectivity index (χ1) is 16.0. The lowest BCUT2D eigenvalue weighted by Crippen LogP contribution is -2.49. The van der Waals surface area contributed by atoms with E-state index in [-0.39, 0.29) is 18.5 Å². The van der Waals surface area contributed by atoms with Crippen molar-refractivity contribution in [1.29, 1.82) is 5.26 Å². The van der Waals surface area contributed by atoms with Gasteiger partial charge in [-0.05, 0) is 49.2 Å².